The molecule has 0 bridgehead atoms. The van der Waals surface area contributed by atoms with Crippen LogP contribution in [0.3, 0.4) is 0 Å². The largest absolute Gasteiger partial charge is 0.441 e. The van der Waals surface area contributed by atoms with E-state index in [0.29, 0.717) is 34.5 Å². The number of amides is 2. The van der Waals surface area contributed by atoms with Gasteiger partial charge in [-0.05, 0) is 68.6 Å². The lowest BCUT2D eigenvalue weighted by atomic mass is 9.91. The second kappa shape index (κ2) is 11.0. The Kier molecular flexibility index (Phi) is 7.43. The Hall–Kier alpha value is -3.50. The Morgan fingerprint density at radius 2 is 1.86 bits per heavy atom. The molecule has 10 heteroatoms. The molecule has 1 aliphatic carbocycles. The summed E-state index contributed by atoms with van der Waals surface area (Å²) in [6.07, 6.45) is 8.25. The molecule has 0 spiro atoms. The first-order valence-electron chi connectivity index (χ1n) is 12.1. The summed E-state index contributed by atoms with van der Waals surface area (Å²) in [4.78, 5) is 37.0. The van der Waals surface area contributed by atoms with Crippen LogP contribution in [0.25, 0.3) is 17.5 Å². The fourth-order valence-corrected chi connectivity index (χ4v) is 5.13. The standard InChI is InChI=1S/C26H28N6O3S/c1-16-21(31-24(35-16)17-5-3-2-4-6-17)12-14-27-18-7-9-19(10-8-18)29-25-28-13-11-20(30-25)15-22-23(33)32-26(34)36-22/h2-6,11,13,15,18-19,27H,7-10,12,14H2,1H3,(H,28,29,30)(H,32,33,34). The van der Waals surface area contributed by atoms with Gasteiger partial charge in [-0.25, -0.2) is 15.0 Å². The first-order valence-corrected chi connectivity index (χ1v) is 12.9. The van der Waals surface area contributed by atoms with Gasteiger partial charge < -0.3 is 15.1 Å². The van der Waals surface area contributed by atoms with Crippen molar-refractivity contribution in [3.8, 4) is 11.5 Å². The van der Waals surface area contributed by atoms with Crippen LogP contribution in [0.5, 0.6) is 0 Å². The van der Waals surface area contributed by atoms with Crippen molar-refractivity contribution in [3.63, 3.8) is 0 Å². The molecule has 0 atom stereocenters. The number of rotatable bonds is 8. The zero-order valence-electron chi connectivity index (χ0n) is 20.0. The van der Waals surface area contributed by atoms with Crippen LogP contribution in [0.2, 0.25) is 0 Å². The molecule has 9 nitrogen and oxygen atoms in total. The zero-order valence-corrected chi connectivity index (χ0v) is 20.8. The Morgan fingerprint density at radius 3 is 2.61 bits per heavy atom. The topological polar surface area (TPSA) is 122 Å². The number of aromatic nitrogens is 3. The third kappa shape index (κ3) is 6.00. The minimum absolute atomic E-state index is 0.294. The molecule has 3 aromatic rings. The van der Waals surface area contributed by atoms with Gasteiger partial charge in [-0.3, -0.25) is 14.9 Å². The molecule has 3 N–H and O–H groups in total. The molecular formula is C26H28N6O3S. The van der Waals surface area contributed by atoms with E-state index >= 15 is 0 Å². The van der Waals surface area contributed by atoms with Crippen LogP contribution in [0.15, 0.2) is 51.9 Å². The number of nitrogens with one attached hydrogen (secondary N) is 3. The molecule has 186 valence electrons. The highest BCUT2D eigenvalue weighted by Crippen LogP contribution is 2.26. The van der Waals surface area contributed by atoms with Crippen LogP contribution in [0.1, 0.15) is 42.8 Å². The third-order valence-electron chi connectivity index (χ3n) is 6.37. The summed E-state index contributed by atoms with van der Waals surface area (Å²) in [6, 6.07) is 12.5. The number of anilines is 1. The molecule has 0 radical (unpaired) electrons. The number of benzene rings is 1. The summed E-state index contributed by atoms with van der Waals surface area (Å²) >= 11 is 0.881. The van der Waals surface area contributed by atoms with E-state index < -0.39 is 0 Å². The molecule has 5 rings (SSSR count). The molecule has 1 aromatic carbocycles. The lowest BCUT2D eigenvalue weighted by Gasteiger charge is -2.29. The SMILES string of the molecule is Cc1oc(-c2ccccc2)nc1CCNC1CCC(Nc2nccc(C=C3SC(=O)NC3=O)n2)CC1. The van der Waals surface area contributed by atoms with Crippen molar-refractivity contribution < 1.29 is 14.0 Å². The number of carbonyl (C=O) groups excluding carboxylic acids is 2. The highest BCUT2D eigenvalue weighted by atomic mass is 32.2. The lowest BCUT2D eigenvalue weighted by Crippen LogP contribution is -2.38. The predicted octanol–water partition coefficient (Wildman–Crippen LogP) is 4.32. The van der Waals surface area contributed by atoms with Crippen molar-refractivity contribution in [2.45, 2.75) is 51.1 Å². The fraction of sp³-hybridized carbons (Fsp3) is 0.346. The van der Waals surface area contributed by atoms with Gasteiger partial charge in [0.1, 0.15) is 5.76 Å². The quantitative estimate of drug-likeness (QED) is 0.385. The number of hydrogen-bond donors (Lipinski definition) is 3. The molecule has 1 saturated heterocycles. The van der Waals surface area contributed by atoms with Crippen molar-refractivity contribution in [1.82, 2.24) is 25.6 Å². The average molecular weight is 505 g/mol. The molecule has 3 heterocycles. The normalized spacial score (nSPS) is 21.1. The van der Waals surface area contributed by atoms with Crippen molar-refractivity contribution >= 4 is 34.9 Å². The molecule has 2 fully saturated rings. The van der Waals surface area contributed by atoms with Crippen molar-refractivity contribution in [2.75, 3.05) is 11.9 Å². The van der Waals surface area contributed by atoms with E-state index in [1.807, 2.05) is 37.3 Å². The van der Waals surface area contributed by atoms with Crippen LogP contribution < -0.4 is 16.0 Å². The van der Waals surface area contributed by atoms with Gasteiger partial charge >= 0.3 is 0 Å². The Balaban J connectivity index is 1.07. The van der Waals surface area contributed by atoms with E-state index in [0.717, 1.165) is 67.4 Å². The molecule has 0 unspecified atom stereocenters. The van der Waals surface area contributed by atoms with Gasteiger partial charge in [-0.1, -0.05) is 18.2 Å². The molecule has 1 saturated carbocycles. The maximum Gasteiger partial charge on any atom is 0.290 e. The highest BCUT2D eigenvalue weighted by Gasteiger charge is 2.25. The maximum atomic E-state index is 11.8. The van der Waals surface area contributed by atoms with E-state index in [2.05, 4.69) is 25.9 Å². The molecular weight excluding hydrogens is 476 g/mol. The average Bonchev–Trinajstić information content (AvgIpc) is 3.41. The van der Waals surface area contributed by atoms with E-state index in [1.165, 1.54) is 0 Å². The number of imide groups is 1. The second-order valence-corrected chi connectivity index (χ2v) is 9.96. The number of carbonyl (C=O) groups is 2. The van der Waals surface area contributed by atoms with Crippen molar-refractivity contribution in [3.05, 3.63) is 64.6 Å². The number of hydrogen-bond acceptors (Lipinski definition) is 9. The van der Waals surface area contributed by atoms with Gasteiger partial charge in [0, 0.05) is 36.8 Å². The maximum absolute atomic E-state index is 11.8. The van der Waals surface area contributed by atoms with Crippen molar-refractivity contribution in [1.29, 1.82) is 0 Å². The molecule has 2 amide bonds. The summed E-state index contributed by atoms with van der Waals surface area (Å²) in [7, 11) is 0. The smallest absolute Gasteiger partial charge is 0.290 e. The molecule has 36 heavy (non-hydrogen) atoms. The summed E-state index contributed by atoms with van der Waals surface area (Å²) in [5.41, 5.74) is 2.59. The Labute approximate surface area is 213 Å². The number of nitrogens with zero attached hydrogens (tertiary/aromatic N) is 3. The predicted molar refractivity (Wildman–Crippen MR) is 139 cm³/mol. The van der Waals surface area contributed by atoms with Gasteiger partial charge in [0.25, 0.3) is 11.1 Å². The van der Waals surface area contributed by atoms with Gasteiger partial charge in [0.15, 0.2) is 0 Å². The summed E-state index contributed by atoms with van der Waals surface area (Å²) < 4.78 is 5.87. The number of thioether (sulfide) groups is 1. The highest BCUT2D eigenvalue weighted by molar-refractivity contribution is 8.18. The Bertz CT molecular complexity index is 1270. The van der Waals surface area contributed by atoms with Crippen molar-refractivity contribution in [2.24, 2.45) is 0 Å². The minimum atomic E-state index is -0.390. The summed E-state index contributed by atoms with van der Waals surface area (Å²) in [5.74, 6) is 1.70. The zero-order chi connectivity index (χ0) is 24.9. The fourth-order valence-electron chi connectivity index (χ4n) is 4.46. The van der Waals surface area contributed by atoms with Crippen LogP contribution in [0, 0.1) is 6.92 Å². The second-order valence-electron chi connectivity index (χ2n) is 8.94. The van der Waals surface area contributed by atoms with Crippen LogP contribution in [0.4, 0.5) is 10.7 Å². The summed E-state index contributed by atoms with van der Waals surface area (Å²) in [6.45, 7) is 2.83. The van der Waals surface area contributed by atoms with Gasteiger partial charge in [-0.15, -0.1) is 0 Å². The third-order valence-corrected chi connectivity index (χ3v) is 7.18. The van der Waals surface area contributed by atoms with E-state index in [4.69, 9.17) is 9.40 Å². The Morgan fingerprint density at radius 1 is 1.08 bits per heavy atom. The monoisotopic (exact) mass is 504 g/mol. The molecule has 2 aliphatic rings. The van der Waals surface area contributed by atoms with Crippen LogP contribution in [-0.4, -0.2) is 44.7 Å². The van der Waals surface area contributed by atoms with E-state index in [-0.39, 0.29) is 11.1 Å². The van der Waals surface area contributed by atoms with Gasteiger partial charge in [0.2, 0.25) is 11.8 Å². The van der Waals surface area contributed by atoms with Crippen LogP contribution in [-0.2, 0) is 11.2 Å². The molecule has 1 aliphatic heterocycles. The van der Waals surface area contributed by atoms with E-state index in [9.17, 15) is 9.59 Å². The van der Waals surface area contributed by atoms with E-state index in [1.54, 1.807) is 18.3 Å². The summed E-state index contributed by atoms with van der Waals surface area (Å²) in [5, 5.41) is 8.98. The first kappa shape index (κ1) is 24.2. The first-order chi connectivity index (χ1) is 17.5. The number of oxazole rings is 1. The number of aryl methyl sites for hydroxylation is 1. The van der Waals surface area contributed by atoms with Crippen LogP contribution >= 0.6 is 11.8 Å². The van der Waals surface area contributed by atoms with Gasteiger partial charge in [0.05, 0.1) is 16.3 Å². The molecule has 2 aromatic heterocycles. The minimum Gasteiger partial charge on any atom is -0.441 e. The van der Waals surface area contributed by atoms with Gasteiger partial charge in [-0.2, -0.15) is 0 Å². The lowest BCUT2D eigenvalue weighted by molar-refractivity contribution is -0.115.